The molecule has 1 aromatic rings. The number of thioether (sulfide) groups is 1. The van der Waals surface area contributed by atoms with E-state index in [0.717, 1.165) is 12.2 Å². The quantitative estimate of drug-likeness (QED) is 0.801. The molecule has 0 radical (unpaired) electrons. The number of aliphatic hydroxyl groups excluding tert-OH is 1. The summed E-state index contributed by atoms with van der Waals surface area (Å²) in [6.45, 7) is 4.37. The van der Waals surface area contributed by atoms with E-state index < -0.39 is 0 Å². The third-order valence-corrected chi connectivity index (χ3v) is 3.90. The van der Waals surface area contributed by atoms with Gasteiger partial charge in [0.1, 0.15) is 0 Å². The highest BCUT2D eigenvalue weighted by molar-refractivity contribution is 7.99. The third-order valence-electron chi connectivity index (χ3n) is 2.63. The molecule has 1 aromatic carbocycles. The van der Waals surface area contributed by atoms with Crippen molar-refractivity contribution < 1.29 is 5.11 Å². The van der Waals surface area contributed by atoms with Crippen LogP contribution in [0.4, 0.5) is 0 Å². The molecular formula is C13H21NOS. The highest BCUT2D eigenvalue weighted by atomic mass is 32.2. The van der Waals surface area contributed by atoms with Crippen LogP contribution in [-0.4, -0.2) is 22.7 Å². The van der Waals surface area contributed by atoms with Gasteiger partial charge in [0.15, 0.2) is 0 Å². The van der Waals surface area contributed by atoms with Gasteiger partial charge in [-0.25, -0.2) is 0 Å². The molecular weight excluding hydrogens is 218 g/mol. The normalized spacial score (nSPS) is 14.8. The molecule has 2 atom stereocenters. The predicted molar refractivity (Wildman–Crippen MR) is 71.8 cm³/mol. The fourth-order valence-electron chi connectivity index (χ4n) is 1.42. The van der Waals surface area contributed by atoms with Crippen LogP contribution in [0.15, 0.2) is 24.3 Å². The topological polar surface area (TPSA) is 46.2 Å². The highest BCUT2D eigenvalue weighted by Crippen LogP contribution is 2.19. The zero-order valence-electron chi connectivity index (χ0n) is 10.0. The lowest BCUT2D eigenvalue weighted by Gasteiger charge is -2.14. The van der Waals surface area contributed by atoms with E-state index in [2.05, 4.69) is 31.2 Å². The van der Waals surface area contributed by atoms with Crippen molar-refractivity contribution in [2.75, 3.05) is 12.4 Å². The molecule has 0 aliphatic heterocycles. The standard InChI is InChI=1S/C13H21NOS/c1-3-11-4-6-12(7-5-11)13(14)9-16-10(2)8-15/h4-7,10,13,15H,3,8-9,14H2,1-2H3. The second-order valence-corrected chi connectivity index (χ2v) is 5.50. The molecule has 3 heteroatoms. The molecule has 16 heavy (non-hydrogen) atoms. The van der Waals surface area contributed by atoms with Gasteiger partial charge in [-0.15, -0.1) is 0 Å². The highest BCUT2D eigenvalue weighted by Gasteiger charge is 2.08. The molecule has 0 aliphatic carbocycles. The van der Waals surface area contributed by atoms with Crippen molar-refractivity contribution in [2.45, 2.75) is 31.6 Å². The minimum atomic E-state index is 0.0601. The molecule has 3 N–H and O–H groups in total. The Kier molecular flexibility index (Phi) is 5.88. The molecule has 0 aliphatic rings. The summed E-state index contributed by atoms with van der Waals surface area (Å²) in [5, 5.41) is 9.19. The van der Waals surface area contributed by atoms with Crippen molar-refractivity contribution in [3.63, 3.8) is 0 Å². The van der Waals surface area contributed by atoms with Crippen molar-refractivity contribution in [1.82, 2.24) is 0 Å². The summed E-state index contributed by atoms with van der Waals surface area (Å²) >= 11 is 1.71. The monoisotopic (exact) mass is 239 g/mol. The van der Waals surface area contributed by atoms with Gasteiger partial charge in [0.2, 0.25) is 0 Å². The van der Waals surface area contributed by atoms with Crippen LogP contribution in [0.3, 0.4) is 0 Å². The van der Waals surface area contributed by atoms with Crippen LogP contribution in [0, 0.1) is 0 Å². The first-order chi connectivity index (χ1) is 7.67. The van der Waals surface area contributed by atoms with Gasteiger partial charge in [-0.2, -0.15) is 11.8 Å². The Morgan fingerprint density at radius 3 is 2.44 bits per heavy atom. The van der Waals surface area contributed by atoms with Crippen molar-refractivity contribution in [1.29, 1.82) is 0 Å². The second-order valence-electron chi connectivity index (χ2n) is 4.03. The molecule has 2 nitrogen and oxygen atoms in total. The largest absolute Gasteiger partial charge is 0.395 e. The Balaban J connectivity index is 2.49. The van der Waals surface area contributed by atoms with Gasteiger partial charge >= 0.3 is 0 Å². The average Bonchev–Trinajstić information content (AvgIpc) is 2.35. The average molecular weight is 239 g/mol. The zero-order chi connectivity index (χ0) is 12.0. The summed E-state index contributed by atoms with van der Waals surface area (Å²) in [7, 11) is 0. The van der Waals surface area contributed by atoms with E-state index in [4.69, 9.17) is 10.8 Å². The van der Waals surface area contributed by atoms with Crippen LogP contribution in [0.2, 0.25) is 0 Å². The first-order valence-corrected chi connectivity index (χ1v) is 6.79. The SMILES string of the molecule is CCc1ccc(C(N)CSC(C)CO)cc1. The smallest absolute Gasteiger partial charge is 0.0547 e. The van der Waals surface area contributed by atoms with E-state index in [0.29, 0.717) is 0 Å². The van der Waals surface area contributed by atoms with E-state index in [9.17, 15) is 0 Å². The summed E-state index contributed by atoms with van der Waals surface area (Å²) in [5.74, 6) is 0.854. The van der Waals surface area contributed by atoms with Crippen LogP contribution >= 0.6 is 11.8 Å². The van der Waals surface area contributed by atoms with Crippen molar-refractivity contribution in [3.8, 4) is 0 Å². The van der Waals surface area contributed by atoms with Gasteiger partial charge in [0.05, 0.1) is 6.61 Å². The van der Waals surface area contributed by atoms with Crippen LogP contribution in [0.25, 0.3) is 0 Å². The molecule has 0 fully saturated rings. The Morgan fingerprint density at radius 2 is 1.94 bits per heavy atom. The Morgan fingerprint density at radius 1 is 1.31 bits per heavy atom. The van der Waals surface area contributed by atoms with Gasteiger partial charge in [-0.05, 0) is 17.5 Å². The van der Waals surface area contributed by atoms with E-state index in [1.165, 1.54) is 11.1 Å². The lowest BCUT2D eigenvalue weighted by atomic mass is 10.1. The number of aryl methyl sites for hydroxylation is 1. The first-order valence-electron chi connectivity index (χ1n) is 5.74. The van der Waals surface area contributed by atoms with Crippen LogP contribution in [0.1, 0.15) is 31.0 Å². The number of rotatable bonds is 6. The summed E-state index contributed by atoms with van der Waals surface area (Å²) in [4.78, 5) is 0. The molecule has 0 bridgehead atoms. The van der Waals surface area contributed by atoms with Gasteiger partial charge in [0, 0.05) is 17.0 Å². The van der Waals surface area contributed by atoms with Crippen molar-refractivity contribution in [2.24, 2.45) is 5.73 Å². The lowest BCUT2D eigenvalue weighted by Crippen LogP contribution is -2.15. The molecule has 0 heterocycles. The van der Waals surface area contributed by atoms with Gasteiger partial charge < -0.3 is 10.8 Å². The Bertz CT molecular complexity index is 299. The fourth-order valence-corrected chi connectivity index (χ4v) is 2.25. The molecule has 0 spiro atoms. The van der Waals surface area contributed by atoms with E-state index >= 15 is 0 Å². The van der Waals surface area contributed by atoms with Crippen molar-refractivity contribution in [3.05, 3.63) is 35.4 Å². The number of benzene rings is 1. The van der Waals surface area contributed by atoms with E-state index in [1.807, 2.05) is 6.92 Å². The second kappa shape index (κ2) is 6.94. The number of nitrogens with two attached hydrogens (primary N) is 1. The molecule has 0 saturated heterocycles. The molecule has 1 rings (SSSR count). The molecule has 0 amide bonds. The molecule has 0 saturated carbocycles. The van der Waals surface area contributed by atoms with Gasteiger partial charge in [-0.3, -0.25) is 0 Å². The van der Waals surface area contributed by atoms with Crippen LogP contribution in [0.5, 0.6) is 0 Å². The summed E-state index contributed by atoms with van der Waals surface area (Å²) < 4.78 is 0. The number of aliphatic hydroxyl groups is 1. The maximum absolute atomic E-state index is 8.92. The Labute approximate surface area is 102 Å². The summed E-state index contributed by atoms with van der Waals surface area (Å²) in [6, 6.07) is 8.54. The van der Waals surface area contributed by atoms with Gasteiger partial charge in [0.25, 0.3) is 0 Å². The predicted octanol–water partition coefficient (Wildman–Crippen LogP) is 2.36. The molecule has 2 unspecified atom stereocenters. The zero-order valence-corrected chi connectivity index (χ0v) is 10.8. The maximum atomic E-state index is 8.92. The fraction of sp³-hybridized carbons (Fsp3) is 0.538. The van der Waals surface area contributed by atoms with Crippen molar-refractivity contribution >= 4 is 11.8 Å². The first kappa shape index (κ1) is 13.6. The molecule has 90 valence electrons. The number of hydrogen-bond donors (Lipinski definition) is 2. The van der Waals surface area contributed by atoms with Crippen LogP contribution in [-0.2, 0) is 6.42 Å². The third kappa shape index (κ3) is 4.16. The minimum Gasteiger partial charge on any atom is -0.395 e. The minimum absolute atomic E-state index is 0.0601. The van der Waals surface area contributed by atoms with Crippen LogP contribution < -0.4 is 5.73 Å². The Hall–Kier alpha value is -0.510. The summed E-state index contributed by atoms with van der Waals surface area (Å²) in [6.07, 6.45) is 1.06. The lowest BCUT2D eigenvalue weighted by molar-refractivity contribution is 0.300. The van der Waals surface area contributed by atoms with E-state index in [1.54, 1.807) is 11.8 Å². The molecule has 0 aromatic heterocycles. The van der Waals surface area contributed by atoms with Gasteiger partial charge in [-0.1, -0.05) is 38.1 Å². The van der Waals surface area contributed by atoms with E-state index in [-0.39, 0.29) is 17.9 Å². The maximum Gasteiger partial charge on any atom is 0.0547 e. The number of hydrogen-bond acceptors (Lipinski definition) is 3. The summed E-state index contributed by atoms with van der Waals surface area (Å²) in [5.41, 5.74) is 8.60.